The maximum Gasteiger partial charge on any atom is 0.287 e. The summed E-state index contributed by atoms with van der Waals surface area (Å²) in [6, 6.07) is 22.8. The molecule has 30 heavy (non-hydrogen) atoms. The maximum atomic E-state index is 12.9. The molecular formula is C25H26N2O2S. The zero-order valence-corrected chi connectivity index (χ0v) is 17.9. The number of nitrogens with one attached hydrogen (secondary N) is 1. The maximum absolute atomic E-state index is 12.9. The molecule has 0 spiro atoms. The first-order chi connectivity index (χ1) is 14.7. The first kappa shape index (κ1) is 19.5. The zero-order chi connectivity index (χ0) is 20.5. The van der Waals surface area contributed by atoms with Crippen molar-refractivity contribution in [2.75, 3.05) is 13.1 Å². The molecule has 3 aromatic rings. The van der Waals surface area contributed by atoms with Gasteiger partial charge < -0.3 is 9.73 Å². The van der Waals surface area contributed by atoms with Crippen LogP contribution in [0.5, 0.6) is 0 Å². The second-order valence-electron chi connectivity index (χ2n) is 8.22. The second-order valence-corrected chi connectivity index (χ2v) is 9.37. The van der Waals surface area contributed by atoms with Crippen LogP contribution in [0.2, 0.25) is 0 Å². The molecule has 3 aliphatic rings. The number of carbonyl (C=O) groups excluding carboxylic acids is 1. The highest BCUT2D eigenvalue weighted by Crippen LogP contribution is 2.33. The molecule has 0 radical (unpaired) electrons. The number of hydrogen-bond acceptors (Lipinski definition) is 4. The topological polar surface area (TPSA) is 45.5 Å². The summed E-state index contributed by atoms with van der Waals surface area (Å²) in [6.07, 6.45) is 2.34. The lowest BCUT2D eigenvalue weighted by atomic mass is 9.79. The summed E-state index contributed by atoms with van der Waals surface area (Å²) in [5, 5.41) is 3.25. The predicted octanol–water partition coefficient (Wildman–Crippen LogP) is 5.31. The summed E-state index contributed by atoms with van der Waals surface area (Å²) in [5.74, 6) is 1.57. The Kier molecular flexibility index (Phi) is 5.40. The van der Waals surface area contributed by atoms with Crippen LogP contribution in [0.1, 0.15) is 30.3 Å². The fraction of sp³-hybridized carbons (Fsp3) is 0.320. The van der Waals surface area contributed by atoms with Crippen molar-refractivity contribution in [3.63, 3.8) is 0 Å². The lowest BCUT2D eigenvalue weighted by molar-refractivity contribution is 0.0211. The smallest absolute Gasteiger partial charge is 0.287 e. The number of hydrogen-bond donors (Lipinski definition) is 1. The van der Waals surface area contributed by atoms with Crippen molar-refractivity contribution >= 4 is 17.7 Å². The zero-order valence-electron chi connectivity index (χ0n) is 17.1. The van der Waals surface area contributed by atoms with Crippen molar-refractivity contribution in [3.8, 4) is 11.3 Å². The number of rotatable bonds is 5. The van der Waals surface area contributed by atoms with Gasteiger partial charge in [0.15, 0.2) is 5.76 Å². The summed E-state index contributed by atoms with van der Waals surface area (Å²) < 4.78 is 5.96. The second kappa shape index (κ2) is 8.32. The van der Waals surface area contributed by atoms with E-state index in [0.29, 0.717) is 17.7 Å². The van der Waals surface area contributed by atoms with E-state index in [-0.39, 0.29) is 11.9 Å². The SMILES string of the molecule is CC1C(NC(=O)c2ccc(-c3cccc(Sc4ccccc4)c3)o2)C2CCN1CC2. The van der Waals surface area contributed by atoms with Gasteiger partial charge in [-0.1, -0.05) is 42.1 Å². The van der Waals surface area contributed by atoms with Crippen LogP contribution in [0.3, 0.4) is 0 Å². The van der Waals surface area contributed by atoms with Gasteiger partial charge in [-0.2, -0.15) is 0 Å². The third kappa shape index (κ3) is 3.92. The first-order valence-corrected chi connectivity index (χ1v) is 11.5. The number of piperidine rings is 3. The number of fused-ring (bicyclic) bond motifs is 3. The molecule has 6 rings (SSSR count). The van der Waals surface area contributed by atoms with Crippen molar-refractivity contribution in [1.29, 1.82) is 0 Å². The van der Waals surface area contributed by atoms with Gasteiger partial charge in [0.2, 0.25) is 0 Å². The van der Waals surface area contributed by atoms with E-state index < -0.39 is 0 Å². The Hall–Kier alpha value is -2.50. The van der Waals surface area contributed by atoms with Crippen molar-refractivity contribution in [1.82, 2.24) is 10.2 Å². The van der Waals surface area contributed by atoms with Crippen LogP contribution < -0.4 is 5.32 Å². The van der Waals surface area contributed by atoms with Gasteiger partial charge in [0.05, 0.1) is 0 Å². The van der Waals surface area contributed by atoms with E-state index in [1.165, 1.54) is 17.7 Å². The Morgan fingerprint density at radius 3 is 2.53 bits per heavy atom. The molecule has 1 aromatic heterocycles. The van der Waals surface area contributed by atoms with E-state index in [1.807, 2.05) is 36.4 Å². The molecule has 0 saturated carbocycles. The minimum absolute atomic E-state index is 0.110. The van der Waals surface area contributed by atoms with Gasteiger partial charge in [-0.15, -0.1) is 0 Å². The minimum Gasteiger partial charge on any atom is -0.451 e. The number of amides is 1. The molecule has 5 heteroatoms. The third-order valence-electron chi connectivity index (χ3n) is 6.40. The summed E-state index contributed by atoms with van der Waals surface area (Å²) >= 11 is 1.71. The molecule has 4 heterocycles. The molecule has 3 fully saturated rings. The lowest BCUT2D eigenvalue weighted by Gasteiger charge is -2.49. The molecular weight excluding hydrogens is 392 g/mol. The van der Waals surface area contributed by atoms with Crippen molar-refractivity contribution in [3.05, 3.63) is 72.5 Å². The van der Waals surface area contributed by atoms with Gasteiger partial charge in [0.25, 0.3) is 5.91 Å². The summed E-state index contributed by atoms with van der Waals surface area (Å²) in [5.41, 5.74) is 0.978. The van der Waals surface area contributed by atoms with Gasteiger partial charge in [0.1, 0.15) is 5.76 Å². The van der Waals surface area contributed by atoms with E-state index in [9.17, 15) is 4.79 Å². The standard InChI is InChI=1S/C25H26N2O2S/c1-17-24(18-12-14-27(17)15-13-18)26-25(28)23-11-10-22(29-23)19-6-5-9-21(16-19)30-20-7-3-2-4-8-20/h2-11,16-18,24H,12-15H2,1H3,(H,26,28). The Labute approximate surface area is 181 Å². The molecule has 2 aromatic carbocycles. The average Bonchev–Trinajstić information content (AvgIpc) is 3.28. The van der Waals surface area contributed by atoms with E-state index in [4.69, 9.17) is 4.42 Å². The molecule has 4 nitrogen and oxygen atoms in total. The Bertz CT molecular complexity index is 1020. The highest BCUT2D eigenvalue weighted by molar-refractivity contribution is 7.99. The van der Waals surface area contributed by atoms with Crippen LogP contribution in [0.15, 0.2) is 80.9 Å². The molecule has 3 aliphatic heterocycles. The van der Waals surface area contributed by atoms with Crippen molar-refractivity contribution in [2.24, 2.45) is 5.92 Å². The van der Waals surface area contributed by atoms with Crippen LogP contribution in [0, 0.1) is 5.92 Å². The van der Waals surface area contributed by atoms with E-state index in [0.717, 1.165) is 29.3 Å². The molecule has 2 atom stereocenters. The largest absolute Gasteiger partial charge is 0.451 e. The quantitative estimate of drug-likeness (QED) is 0.610. The first-order valence-electron chi connectivity index (χ1n) is 10.7. The number of carbonyl (C=O) groups is 1. The van der Waals surface area contributed by atoms with Gasteiger partial charge in [0, 0.05) is 27.4 Å². The normalized spacial score (nSPS) is 25.2. The highest BCUT2D eigenvalue weighted by Gasteiger charge is 2.40. The van der Waals surface area contributed by atoms with E-state index in [2.05, 4.69) is 41.4 Å². The summed E-state index contributed by atoms with van der Waals surface area (Å²) in [6.45, 7) is 4.53. The Morgan fingerprint density at radius 2 is 1.77 bits per heavy atom. The minimum atomic E-state index is -0.110. The number of benzene rings is 2. The monoisotopic (exact) mass is 418 g/mol. The van der Waals surface area contributed by atoms with Crippen LogP contribution in [0.25, 0.3) is 11.3 Å². The highest BCUT2D eigenvalue weighted by atomic mass is 32.2. The number of nitrogens with zero attached hydrogens (tertiary/aromatic N) is 1. The van der Waals surface area contributed by atoms with Crippen LogP contribution in [-0.2, 0) is 0 Å². The predicted molar refractivity (Wildman–Crippen MR) is 120 cm³/mol. The molecule has 3 saturated heterocycles. The van der Waals surface area contributed by atoms with E-state index in [1.54, 1.807) is 17.8 Å². The molecule has 1 N–H and O–H groups in total. The van der Waals surface area contributed by atoms with Crippen molar-refractivity contribution < 1.29 is 9.21 Å². The van der Waals surface area contributed by atoms with Gasteiger partial charge in [-0.25, -0.2) is 0 Å². The van der Waals surface area contributed by atoms with Crippen LogP contribution in [0.4, 0.5) is 0 Å². The fourth-order valence-corrected chi connectivity index (χ4v) is 5.62. The third-order valence-corrected chi connectivity index (χ3v) is 7.40. The molecule has 2 unspecified atom stereocenters. The summed E-state index contributed by atoms with van der Waals surface area (Å²) in [7, 11) is 0. The Balaban J connectivity index is 1.29. The van der Waals surface area contributed by atoms with E-state index >= 15 is 0 Å². The van der Waals surface area contributed by atoms with Gasteiger partial charge >= 0.3 is 0 Å². The summed E-state index contributed by atoms with van der Waals surface area (Å²) in [4.78, 5) is 17.7. The fourth-order valence-electron chi connectivity index (χ4n) is 4.72. The van der Waals surface area contributed by atoms with Crippen molar-refractivity contribution in [2.45, 2.75) is 41.6 Å². The van der Waals surface area contributed by atoms with Crippen LogP contribution in [-0.4, -0.2) is 36.0 Å². The molecule has 2 bridgehead atoms. The average molecular weight is 419 g/mol. The van der Waals surface area contributed by atoms with Gasteiger partial charge in [-0.05, 0) is 75.2 Å². The molecule has 154 valence electrons. The van der Waals surface area contributed by atoms with Crippen LogP contribution >= 0.6 is 11.8 Å². The molecule has 0 aliphatic carbocycles. The number of furan rings is 1. The van der Waals surface area contributed by atoms with Gasteiger partial charge in [-0.3, -0.25) is 9.69 Å². The lowest BCUT2D eigenvalue weighted by Crippen LogP contribution is -2.62. The molecule has 1 amide bonds. The Morgan fingerprint density at radius 1 is 1.00 bits per heavy atom.